The van der Waals surface area contributed by atoms with Gasteiger partial charge in [0.15, 0.2) is 0 Å². The third-order valence-electron chi connectivity index (χ3n) is 6.77. The van der Waals surface area contributed by atoms with Crippen LogP contribution in [0, 0.1) is 17.3 Å². The second-order valence-electron chi connectivity index (χ2n) is 8.50. The van der Waals surface area contributed by atoms with E-state index >= 15 is 0 Å². The number of carbonyl (C=O) groups is 2. The lowest BCUT2D eigenvalue weighted by molar-refractivity contribution is -0.133. The molecule has 0 aromatic carbocycles. The van der Waals surface area contributed by atoms with E-state index in [-0.39, 0.29) is 23.3 Å². The van der Waals surface area contributed by atoms with Crippen molar-refractivity contribution in [2.24, 2.45) is 17.3 Å². The molecule has 3 saturated heterocycles. The Morgan fingerprint density at radius 1 is 1.12 bits per heavy atom. The molecule has 0 radical (unpaired) electrons. The molecule has 4 fully saturated rings. The van der Waals surface area contributed by atoms with E-state index in [2.05, 4.69) is 4.90 Å². The average Bonchev–Trinajstić information content (AvgIpc) is 3.19. The summed E-state index contributed by atoms with van der Waals surface area (Å²) in [5, 5.41) is 0. The number of hydrogen-bond donors (Lipinski definition) is 0. The summed E-state index contributed by atoms with van der Waals surface area (Å²) in [5.74, 6) is 0.979. The first-order valence-electron chi connectivity index (χ1n) is 9.94. The number of urea groups is 1. The Morgan fingerprint density at radius 3 is 2.36 bits per heavy atom. The van der Waals surface area contributed by atoms with Crippen LogP contribution < -0.4 is 0 Å². The topological polar surface area (TPSA) is 53.1 Å². The van der Waals surface area contributed by atoms with Crippen molar-refractivity contribution < 1.29 is 14.3 Å². The number of nitrogens with zero attached hydrogens (tertiary/aromatic N) is 3. The van der Waals surface area contributed by atoms with Gasteiger partial charge in [-0.05, 0) is 44.4 Å². The zero-order chi connectivity index (χ0) is 17.4. The van der Waals surface area contributed by atoms with Gasteiger partial charge in [0.2, 0.25) is 5.91 Å². The molecule has 6 nitrogen and oxygen atoms in total. The largest absolute Gasteiger partial charge is 0.384 e. The maximum atomic E-state index is 12.9. The predicted octanol–water partition coefficient (Wildman–Crippen LogP) is 1.80. The molecule has 4 rings (SSSR count). The Kier molecular flexibility index (Phi) is 4.65. The van der Waals surface area contributed by atoms with E-state index in [4.69, 9.17) is 4.74 Å². The second kappa shape index (κ2) is 6.78. The van der Waals surface area contributed by atoms with Crippen LogP contribution in [0.25, 0.3) is 0 Å². The highest BCUT2D eigenvalue weighted by Gasteiger charge is 2.54. The minimum atomic E-state index is -0.0275. The van der Waals surface area contributed by atoms with Crippen LogP contribution in [-0.2, 0) is 9.53 Å². The molecule has 1 atom stereocenters. The van der Waals surface area contributed by atoms with Crippen molar-refractivity contribution in [1.82, 2.24) is 14.7 Å². The molecular weight excluding hydrogens is 318 g/mol. The summed E-state index contributed by atoms with van der Waals surface area (Å²) in [6, 6.07) is 0.204. The lowest BCUT2D eigenvalue weighted by atomic mass is 9.71. The average molecular weight is 349 g/mol. The Labute approximate surface area is 150 Å². The first-order valence-corrected chi connectivity index (χ1v) is 9.94. The van der Waals surface area contributed by atoms with Gasteiger partial charge in [-0.3, -0.25) is 4.79 Å². The lowest BCUT2D eigenvalue weighted by Gasteiger charge is -2.42. The van der Waals surface area contributed by atoms with Gasteiger partial charge < -0.3 is 19.4 Å². The number of carbonyl (C=O) groups excluding carboxylic acids is 2. The molecule has 4 aliphatic rings. The molecule has 3 amide bonds. The SMILES string of the molecule is COCC1C(=O)N(CC2CC2)CC12CCN(C(=O)N1CCCC1)CC2. The van der Waals surface area contributed by atoms with Crippen molar-refractivity contribution >= 4 is 11.9 Å². The molecular formula is C19H31N3O3. The van der Waals surface area contributed by atoms with E-state index in [1.807, 2.05) is 9.80 Å². The number of piperidine rings is 1. The summed E-state index contributed by atoms with van der Waals surface area (Å²) >= 11 is 0. The molecule has 1 spiro atoms. The van der Waals surface area contributed by atoms with Crippen LogP contribution in [0.2, 0.25) is 0 Å². The van der Waals surface area contributed by atoms with Gasteiger partial charge in [-0.1, -0.05) is 0 Å². The first kappa shape index (κ1) is 17.1. The molecule has 1 saturated carbocycles. The fourth-order valence-electron chi connectivity index (χ4n) is 4.99. The van der Waals surface area contributed by atoms with E-state index in [1.54, 1.807) is 7.11 Å². The molecule has 3 heterocycles. The molecule has 0 aromatic rings. The van der Waals surface area contributed by atoms with Gasteiger partial charge in [0.05, 0.1) is 12.5 Å². The van der Waals surface area contributed by atoms with Crippen LogP contribution in [0.3, 0.4) is 0 Å². The summed E-state index contributed by atoms with van der Waals surface area (Å²) in [5.41, 5.74) is 0.00374. The van der Waals surface area contributed by atoms with Crippen molar-refractivity contribution in [3.05, 3.63) is 0 Å². The summed E-state index contributed by atoms with van der Waals surface area (Å²) in [7, 11) is 1.69. The van der Waals surface area contributed by atoms with Gasteiger partial charge in [0.1, 0.15) is 0 Å². The van der Waals surface area contributed by atoms with Crippen LogP contribution in [0.4, 0.5) is 4.79 Å². The van der Waals surface area contributed by atoms with Gasteiger partial charge in [0, 0.05) is 51.8 Å². The van der Waals surface area contributed by atoms with E-state index in [0.29, 0.717) is 6.61 Å². The molecule has 0 N–H and O–H groups in total. The van der Waals surface area contributed by atoms with Gasteiger partial charge in [-0.15, -0.1) is 0 Å². The number of hydrogen-bond acceptors (Lipinski definition) is 3. The fourth-order valence-corrected chi connectivity index (χ4v) is 4.99. The highest BCUT2D eigenvalue weighted by molar-refractivity contribution is 5.83. The number of rotatable bonds is 4. The summed E-state index contributed by atoms with van der Waals surface area (Å²) in [6.45, 7) is 5.67. The van der Waals surface area contributed by atoms with Crippen LogP contribution in [-0.4, -0.2) is 79.6 Å². The van der Waals surface area contributed by atoms with E-state index in [1.165, 1.54) is 12.8 Å². The molecule has 0 bridgehead atoms. The van der Waals surface area contributed by atoms with Gasteiger partial charge >= 0.3 is 6.03 Å². The standard InChI is InChI=1S/C19H31N3O3/c1-25-13-16-17(23)22(12-15-4-5-15)14-19(16)6-10-21(11-7-19)18(24)20-8-2-3-9-20/h15-16H,2-14H2,1H3. The number of ether oxygens (including phenoxy) is 1. The maximum Gasteiger partial charge on any atom is 0.319 e. The number of amides is 3. The van der Waals surface area contributed by atoms with Gasteiger partial charge in [-0.25, -0.2) is 4.79 Å². The van der Waals surface area contributed by atoms with Crippen LogP contribution in [0.1, 0.15) is 38.5 Å². The summed E-state index contributed by atoms with van der Waals surface area (Å²) in [6.07, 6.45) is 6.64. The summed E-state index contributed by atoms with van der Waals surface area (Å²) in [4.78, 5) is 31.7. The molecule has 1 aliphatic carbocycles. The zero-order valence-electron chi connectivity index (χ0n) is 15.4. The molecule has 1 unspecified atom stereocenters. The minimum absolute atomic E-state index is 0.00374. The normalized spacial score (nSPS) is 29.1. The molecule has 25 heavy (non-hydrogen) atoms. The van der Waals surface area contributed by atoms with Gasteiger partial charge in [0.25, 0.3) is 0 Å². The molecule has 0 aromatic heterocycles. The summed E-state index contributed by atoms with van der Waals surface area (Å²) < 4.78 is 5.41. The second-order valence-corrected chi connectivity index (χ2v) is 8.50. The quantitative estimate of drug-likeness (QED) is 0.778. The highest BCUT2D eigenvalue weighted by Crippen LogP contribution is 2.47. The van der Waals surface area contributed by atoms with Crippen LogP contribution in [0.5, 0.6) is 0 Å². The van der Waals surface area contributed by atoms with Crippen molar-refractivity contribution in [2.45, 2.75) is 38.5 Å². The third-order valence-corrected chi connectivity index (χ3v) is 6.77. The Hall–Kier alpha value is -1.30. The zero-order valence-corrected chi connectivity index (χ0v) is 15.4. The Morgan fingerprint density at radius 2 is 1.76 bits per heavy atom. The van der Waals surface area contributed by atoms with E-state index < -0.39 is 0 Å². The Balaban J connectivity index is 1.41. The van der Waals surface area contributed by atoms with Crippen molar-refractivity contribution in [3.8, 4) is 0 Å². The number of methoxy groups -OCH3 is 1. The molecule has 140 valence electrons. The van der Waals surface area contributed by atoms with Crippen molar-refractivity contribution in [2.75, 3.05) is 53.0 Å². The predicted molar refractivity (Wildman–Crippen MR) is 94.1 cm³/mol. The Bertz CT molecular complexity index is 520. The van der Waals surface area contributed by atoms with Crippen LogP contribution in [0.15, 0.2) is 0 Å². The van der Waals surface area contributed by atoms with E-state index in [9.17, 15) is 9.59 Å². The smallest absolute Gasteiger partial charge is 0.319 e. The van der Waals surface area contributed by atoms with Crippen LogP contribution >= 0.6 is 0 Å². The van der Waals surface area contributed by atoms with E-state index in [0.717, 1.165) is 70.9 Å². The molecule has 6 heteroatoms. The fraction of sp³-hybridized carbons (Fsp3) is 0.895. The minimum Gasteiger partial charge on any atom is -0.384 e. The third kappa shape index (κ3) is 3.25. The van der Waals surface area contributed by atoms with Gasteiger partial charge in [-0.2, -0.15) is 0 Å². The highest BCUT2D eigenvalue weighted by atomic mass is 16.5. The lowest BCUT2D eigenvalue weighted by Crippen LogP contribution is -2.50. The monoisotopic (exact) mass is 349 g/mol. The van der Waals surface area contributed by atoms with Crippen molar-refractivity contribution in [1.29, 1.82) is 0 Å². The molecule has 3 aliphatic heterocycles. The number of likely N-dealkylation sites (tertiary alicyclic amines) is 3. The maximum absolute atomic E-state index is 12.9. The first-order chi connectivity index (χ1) is 12.1. The van der Waals surface area contributed by atoms with Crippen molar-refractivity contribution in [3.63, 3.8) is 0 Å².